The molecule has 0 aromatic carbocycles. The van der Waals surface area contributed by atoms with Gasteiger partial charge in [0.25, 0.3) is 0 Å². The van der Waals surface area contributed by atoms with Crippen molar-refractivity contribution in [3.63, 3.8) is 0 Å². The summed E-state index contributed by atoms with van der Waals surface area (Å²) in [6.07, 6.45) is 4.93. The van der Waals surface area contributed by atoms with E-state index in [9.17, 15) is 4.79 Å². The topological polar surface area (TPSA) is 60.9 Å². The van der Waals surface area contributed by atoms with Gasteiger partial charge in [0.1, 0.15) is 11.5 Å². The molecule has 0 saturated heterocycles. The lowest BCUT2D eigenvalue weighted by Gasteiger charge is -2.06. The van der Waals surface area contributed by atoms with Gasteiger partial charge >= 0.3 is 0 Å². The highest BCUT2D eigenvalue weighted by molar-refractivity contribution is 7.99. The van der Waals surface area contributed by atoms with Crippen molar-refractivity contribution in [3.8, 4) is 11.4 Å². The van der Waals surface area contributed by atoms with Crippen molar-refractivity contribution in [3.05, 3.63) is 30.7 Å². The van der Waals surface area contributed by atoms with Gasteiger partial charge in [-0.25, -0.2) is 0 Å². The molecule has 112 valence electrons. The van der Waals surface area contributed by atoms with Crippen molar-refractivity contribution in [2.75, 3.05) is 5.75 Å². The highest BCUT2D eigenvalue weighted by Gasteiger charge is 2.16. The van der Waals surface area contributed by atoms with E-state index >= 15 is 0 Å². The van der Waals surface area contributed by atoms with Gasteiger partial charge in [0.15, 0.2) is 11.0 Å². The Morgan fingerprint density at radius 1 is 1.52 bits per heavy atom. The minimum Gasteiger partial charge on any atom is -0.469 e. The monoisotopic (exact) mass is 305 g/mol. The largest absolute Gasteiger partial charge is 0.469 e. The number of allylic oxidation sites excluding steroid dienone is 1. The standard InChI is InChI=1S/C15H19N3O2S/c1-4-8-18-14(13-7-9-20-12(13)3)16-17-15(18)21-10-5-6-11(2)19/h4,7,9H,1,5-6,8,10H2,2-3H3. The number of carbonyl (C=O) groups is 1. The summed E-state index contributed by atoms with van der Waals surface area (Å²) in [4.78, 5) is 11.0. The minimum absolute atomic E-state index is 0.220. The van der Waals surface area contributed by atoms with Crippen LogP contribution in [-0.4, -0.2) is 26.3 Å². The smallest absolute Gasteiger partial charge is 0.191 e. The first-order valence-electron chi connectivity index (χ1n) is 6.84. The molecule has 2 aromatic rings. The lowest BCUT2D eigenvalue weighted by atomic mass is 10.2. The summed E-state index contributed by atoms with van der Waals surface area (Å²) in [7, 11) is 0. The van der Waals surface area contributed by atoms with Crippen molar-refractivity contribution < 1.29 is 9.21 Å². The summed E-state index contributed by atoms with van der Waals surface area (Å²) < 4.78 is 7.35. The summed E-state index contributed by atoms with van der Waals surface area (Å²) in [6.45, 7) is 7.95. The van der Waals surface area contributed by atoms with Crippen LogP contribution in [0.4, 0.5) is 0 Å². The van der Waals surface area contributed by atoms with E-state index in [1.807, 2.05) is 23.6 Å². The number of nitrogens with zero attached hydrogens (tertiary/aromatic N) is 3. The quantitative estimate of drug-likeness (QED) is 0.424. The number of furan rings is 1. The SMILES string of the molecule is C=CCn1c(SCCCC(C)=O)nnc1-c1ccoc1C. The molecule has 0 radical (unpaired) electrons. The molecule has 6 heteroatoms. The third-order valence-corrected chi connectivity index (χ3v) is 4.09. The van der Waals surface area contributed by atoms with E-state index in [-0.39, 0.29) is 5.78 Å². The van der Waals surface area contributed by atoms with E-state index < -0.39 is 0 Å². The normalized spacial score (nSPS) is 10.8. The van der Waals surface area contributed by atoms with Crippen LogP contribution in [0.15, 0.2) is 34.6 Å². The number of aromatic nitrogens is 3. The number of hydrogen-bond acceptors (Lipinski definition) is 5. The second-order valence-electron chi connectivity index (χ2n) is 4.75. The van der Waals surface area contributed by atoms with E-state index in [1.165, 1.54) is 0 Å². The van der Waals surface area contributed by atoms with Gasteiger partial charge in [-0.3, -0.25) is 4.57 Å². The second kappa shape index (κ2) is 7.26. The third kappa shape index (κ3) is 3.85. The Morgan fingerprint density at radius 3 is 2.95 bits per heavy atom. The van der Waals surface area contributed by atoms with E-state index in [4.69, 9.17) is 4.42 Å². The number of carbonyl (C=O) groups excluding carboxylic acids is 1. The van der Waals surface area contributed by atoms with Gasteiger partial charge in [-0.1, -0.05) is 17.8 Å². The van der Waals surface area contributed by atoms with Gasteiger partial charge in [0.05, 0.1) is 11.8 Å². The van der Waals surface area contributed by atoms with Crippen LogP contribution in [0.3, 0.4) is 0 Å². The molecule has 21 heavy (non-hydrogen) atoms. The number of aryl methyl sites for hydroxylation is 1. The molecule has 2 rings (SSSR count). The lowest BCUT2D eigenvalue weighted by molar-refractivity contribution is -0.117. The summed E-state index contributed by atoms with van der Waals surface area (Å²) in [5, 5.41) is 9.36. The van der Waals surface area contributed by atoms with Crippen LogP contribution >= 0.6 is 11.8 Å². The highest BCUT2D eigenvalue weighted by atomic mass is 32.2. The van der Waals surface area contributed by atoms with Crippen LogP contribution in [0.2, 0.25) is 0 Å². The molecule has 0 bridgehead atoms. The van der Waals surface area contributed by atoms with Crippen LogP contribution in [-0.2, 0) is 11.3 Å². The van der Waals surface area contributed by atoms with E-state index in [1.54, 1.807) is 24.9 Å². The van der Waals surface area contributed by atoms with Gasteiger partial charge in [-0.15, -0.1) is 16.8 Å². The van der Waals surface area contributed by atoms with Crippen molar-refractivity contribution in [2.45, 2.75) is 38.4 Å². The number of ketones is 1. The number of rotatable bonds is 8. The maximum Gasteiger partial charge on any atom is 0.191 e. The van der Waals surface area contributed by atoms with Gasteiger partial charge < -0.3 is 9.21 Å². The average molecular weight is 305 g/mol. The van der Waals surface area contributed by atoms with Crippen molar-refractivity contribution in [2.24, 2.45) is 0 Å². The molecule has 0 N–H and O–H groups in total. The summed E-state index contributed by atoms with van der Waals surface area (Å²) in [5.74, 6) is 2.67. The molecule has 0 spiro atoms. The van der Waals surface area contributed by atoms with Crippen LogP contribution in [0.1, 0.15) is 25.5 Å². The molecule has 0 aliphatic carbocycles. The first-order valence-corrected chi connectivity index (χ1v) is 7.83. The summed E-state index contributed by atoms with van der Waals surface area (Å²) >= 11 is 1.61. The Hall–Kier alpha value is -1.82. The Morgan fingerprint density at radius 2 is 2.33 bits per heavy atom. The zero-order chi connectivity index (χ0) is 15.2. The Labute approximate surface area is 128 Å². The predicted octanol–water partition coefficient (Wildman–Crippen LogP) is 3.49. The molecule has 2 aromatic heterocycles. The summed E-state index contributed by atoms with van der Waals surface area (Å²) in [6, 6.07) is 1.89. The van der Waals surface area contributed by atoms with Gasteiger partial charge in [-0.2, -0.15) is 0 Å². The fraction of sp³-hybridized carbons (Fsp3) is 0.400. The molecule has 0 saturated carbocycles. The van der Waals surface area contributed by atoms with Gasteiger partial charge in [0, 0.05) is 18.7 Å². The van der Waals surface area contributed by atoms with Crippen molar-refractivity contribution >= 4 is 17.5 Å². The predicted molar refractivity (Wildman–Crippen MR) is 83.3 cm³/mol. The number of hydrogen-bond donors (Lipinski definition) is 0. The Balaban J connectivity index is 2.15. The molecule has 5 nitrogen and oxygen atoms in total. The summed E-state index contributed by atoms with van der Waals surface area (Å²) in [5.41, 5.74) is 0.944. The molecule has 2 heterocycles. The molecule has 0 atom stereocenters. The number of Topliss-reactive ketones (excluding diaryl/α,β-unsaturated/α-hetero) is 1. The van der Waals surface area contributed by atoms with Crippen LogP contribution in [0.25, 0.3) is 11.4 Å². The molecule has 0 unspecified atom stereocenters. The minimum atomic E-state index is 0.220. The van der Waals surface area contributed by atoms with Crippen LogP contribution < -0.4 is 0 Å². The first kappa shape index (κ1) is 15.6. The fourth-order valence-electron chi connectivity index (χ4n) is 1.99. The zero-order valence-electron chi connectivity index (χ0n) is 12.3. The van der Waals surface area contributed by atoms with Crippen LogP contribution in [0.5, 0.6) is 0 Å². The molecular weight excluding hydrogens is 286 g/mol. The maximum absolute atomic E-state index is 11.0. The highest BCUT2D eigenvalue weighted by Crippen LogP contribution is 2.27. The maximum atomic E-state index is 11.0. The molecular formula is C15H19N3O2S. The molecule has 0 aliphatic heterocycles. The molecule has 0 aliphatic rings. The second-order valence-corrected chi connectivity index (χ2v) is 5.81. The van der Waals surface area contributed by atoms with E-state index in [2.05, 4.69) is 16.8 Å². The van der Waals surface area contributed by atoms with Crippen LogP contribution in [0, 0.1) is 6.92 Å². The number of thioether (sulfide) groups is 1. The van der Waals surface area contributed by atoms with Crippen molar-refractivity contribution in [1.82, 2.24) is 14.8 Å². The van der Waals surface area contributed by atoms with Gasteiger partial charge in [0.2, 0.25) is 0 Å². The first-order chi connectivity index (χ1) is 10.1. The van der Waals surface area contributed by atoms with E-state index in [0.29, 0.717) is 13.0 Å². The van der Waals surface area contributed by atoms with E-state index in [0.717, 1.165) is 34.5 Å². The lowest BCUT2D eigenvalue weighted by Crippen LogP contribution is -2.01. The molecule has 0 amide bonds. The Kier molecular flexibility index (Phi) is 5.38. The third-order valence-electron chi connectivity index (χ3n) is 3.03. The molecule has 0 fully saturated rings. The average Bonchev–Trinajstić information content (AvgIpc) is 3.02. The van der Waals surface area contributed by atoms with Gasteiger partial charge in [-0.05, 0) is 26.3 Å². The Bertz CT molecular complexity index is 631. The van der Waals surface area contributed by atoms with Crippen molar-refractivity contribution in [1.29, 1.82) is 0 Å². The zero-order valence-corrected chi connectivity index (χ0v) is 13.2. The fourth-order valence-corrected chi connectivity index (χ4v) is 2.88.